The molecule has 0 aliphatic rings. The first kappa shape index (κ1) is 22.8. The Hall–Kier alpha value is -2.39. The Kier molecular flexibility index (Phi) is 6.57. The number of halogens is 2. The van der Waals surface area contributed by atoms with Crippen molar-refractivity contribution in [3.05, 3.63) is 92.7 Å². The summed E-state index contributed by atoms with van der Waals surface area (Å²) >= 11 is 10.7. The maximum Gasteiger partial charge on any atom is 0.265 e. The van der Waals surface area contributed by atoms with E-state index in [1.54, 1.807) is 42.5 Å². The number of hydrogen-bond acceptors (Lipinski definition) is 4. The molecule has 0 fully saturated rings. The summed E-state index contributed by atoms with van der Waals surface area (Å²) in [4.78, 5) is 13.3. The Bertz CT molecular complexity index is 1400. The number of carbonyl (C=O) groups is 1. The van der Waals surface area contributed by atoms with Gasteiger partial charge in [-0.15, -0.1) is 11.3 Å². The van der Waals surface area contributed by atoms with Crippen LogP contribution in [-0.2, 0) is 16.6 Å². The number of amides is 1. The van der Waals surface area contributed by atoms with Crippen LogP contribution in [0, 0.1) is 0 Å². The van der Waals surface area contributed by atoms with Crippen molar-refractivity contribution in [3.63, 3.8) is 0 Å². The molecule has 1 amide bonds. The molecule has 0 radical (unpaired) electrons. The largest absolute Gasteiger partial charge is 0.321 e. The van der Waals surface area contributed by atoms with Gasteiger partial charge in [0.15, 0.2) is 0 Å². The summed E-state index contributed by atoms with van der Waals surface area (Å²) < 4.78 is 28.1. The lowest BCUT2D eigenvalue weighted by Crippen LogP contribution is -2.29. The molecule has 4 rings (SSSR count). The molecule has 0 unspecified atom stereocenters. The number of fused-ring (bicyclic) bond motifs is 1. The van der Waals surface area contributed by atoms with E-state index in [2.05, 4.69) is 21.2 Å². The fourth-order valence-corrected chi connectivity index (χ4v) is 5.56. The van der Waals surface area contributed by atoms with Crippen molar-refractivity contribution in [3.8, 4) is 0 Å². The van der Waals surface area contributed by atoms with E-state index in [1.165, 1.54) is 21.9 Å². The van der Waals surface area contributed by atoms with E-state index in [4.69, 9.17) is 11.6 Å². The first-order chi connectivity index (χ1) is 15.2. The highest BCUT2D eigenvalue weighted by Gasteiger charge is 2.19. The number of thiophene rings is 1. The molecule has 1 aromatic heterocycles. The second-order valence-corrected chi connectivity index (χ2v) is 11.5. The summed E-state index contributed by atoms with van der Waals surface area (Å²) in [7, 11) is -3.53. The van der Waals surface area contributed by atoms with Crippen molar-refractivity contribution in [1.29, 1.82) is 0 Å². The standard InChI is InChI=1S/C23H18BrClN2O3S2/c1-32(29,30)27(14-15-5-7-18(25)8-6-15)20-9-10-21-16(11-20)12-22(31-21)23(28)26-19-4-2-3-17(24)13-19/h2-13H,14H2,1H3,(H,26,28). The number of nitrogens with zero attached hydrogens (tertiary/aromatic N) is 1. The minimum Gasteiger partial charge on any atom is -0.321 e. The van der Waals surface area contributed by atoms with Crippen LogP contribution in [0.5, 0.6) is 0 Å². The van der Waals surface area contributed by atoms with Gasteiger partial charge in [-0.3, -0.25) is 9.10 Å². The van der Waals surface area contributed by atoms with Gasteiger partial charge in [0.2, 0.25) is 10.0 Å². The molecule has 32 heavy (non-hydrogen) atoms. The molecule has 1 N–H and O–H groups in total. The summed E-state index contributed by atoms with van der Waals surface area (Å²) in [5, 5.41) is 4.28. The third-order valence-corrected chi connectivity index (χ3v) is 7.73. The molecule has 0 atom stereocenters. The van der Waals surface area contributed by atoms with Crippen LogP contribution in [0.25, 0.3) is 10.1 Å². The topological polar surface area (TPSA) is 66.5 Å². The number of carbonyl (C=O) groups excluding carboxylic acids is 1. The zero-order valence-corrected chi connectivity index (χ0v) is 20.9. The van der Waals surface area contributed by atoms with Crippen molar-refractivity contribution in [1.82, 2.24) is 0 Å². The van der Waals surface area contributed by atoms with Crippen molar-refractivity contribution in [2.24, 2.45) is 0 Å². The van der Waals surface area contributed by atoms with Crippen molar-refractivity contribution in [2.45, 2.75) is 6.54 Å². The molecule has 0 saturated heterocycles. The summed E-state index contributed by atoms with van der Waals surface area (Å²) in [6, 6.07) is 21.6. The fraction of sp³-hybridized carbons (Fsp3) is 0.0870. The average Bonchev–Trinajstić information content (AvgIpc) is 3.16. The highest BCUT2D eigenvalue weighted by molar-refractivity contribution is 9.10. The Morgan fingerprint density at radius 2 is 1.81 bits per heavy atom. The minimum absolute atomic E-state index is 0.182. The molecule has 3 aromatic carbocycles. The van der Waals surface area contributed by atoms with Crippen molar-refractivity contribution in [2.75, 3.05) is 15.9 Å². The van der Waals surface area contributed by atoms with E-state index in [-0.39, 0.29) is 12.5 Å². The van der Waals surface area contributed by atoms with Crippen LogP contribution >= 0.6 is 38.9 Å². The van der Waals surface area contributed by atoms with Crippen LogP contribution in [0.2, 0.25) is 5.02 Å². The van der Waals surface area contributed by atoms with E-state index >= 15 is 0 Å². The van der Waals surface area contributed by atoms with Crippen molar-refractivity contribution < 1.29 is 13.2 Å². The van der Waals surface area contributed by atoms with Gasteiger partial charge in [-0.25, -0.2) is 8.42 Å². The van der Waals surface area contributed by atoms with Crippen LogP contribution < -0.4 is 9.62 Å². The Labute approximate surface area is 203 Å². The van der Waals surface area contributed by atoms with Crippen LogP contribution in [0.1, 0.15) is 15.2 Å². The highest BCUT2D eigenvalue weighted by atomic mass is 79.9. The normalized spacial score (nSPS) is 11.5. The Morgan fingerprint density at radius 1 is 1.06 bits per heavy atom. The van der Waals surface area contributed by atoms with E-state index in [0.717, 1.165) is 20.1 Å². The molecule has 4 aromatic rings. The van der Waals surface area contributed by atoms with Gasteiger partial charge >= 0.3 is 0 Å². The lowest BCUT2D eigenvalue weighted by Gasteiger charge is -2.22. The van der Waals surface area contributed by atoms with Gasteiger partial charge in [-0.1, -0.05) is 45.7 Å². The smallest absolute Gasteiger partial charge is 0.265 e. The monoisotopic (exact) mass is 548 g/mol. The van der Waals surface area contributed by atoms with Gasteiger partial charge in [-0.2, -0.15) is 0 Å². The predicted molar refractivity (Wildman–Crippen MR) is 136 cm³/mol. The second-order valence-electron chi connectivity index (χ2n) is 7.19. The third-order valence-electron chi connectivity index (χ3n) is 4.73. The van der Waals surface area contributed by atoms with Crippen LogP contribution in [0.15, 0.2) is 77.3 Å². The lowest BCUT2D eigenvalue weighted by molar-refractivity contribution is 0.103. The molecule has 1 heterocycles. The van der Waals surface area contributed by atoms with E-state index in [9.17, 15) is 13.2 Å². The van der Waals surface area contributed by atoms with Gasteiger partial charge in [0.05, 0.1) is 23.4 Å². The maximum atomic E-state index is 12.7. The van der Waals surface area contributed by atoms with Crippen LogP contribution in [0.3, 0.4) is 0 Å². The fourth-order valence-electron chi connectivity index (χ4n) is 3.21. The molecule has 164 valence electrons. The molecule has 0 spiro atoms. The highest BCUT2D eigenvalue weighted by Crippen LogP contribution is 2.32. The summed E-state index contributed by atoms with van der Waals surface area (Å²) in [5.41, 5.74) is 2.04. The number of benzene rings is 3. The van der Waals surface area contributed by atoms with Crippen molar-refractivity contribution >= 4 is 76.3 Å². The van der Waals surface area contributed by atoms with Gasteiger partial charge in [0, 0.05) is 19.9 Å². The third kappa shape index (κ3) is 5.32. The molecule has 9 heteroatoms. The average molecular weight is 550 g/mol. The molecule has 5 nitrogen and oxygen atoms in total. The van der Waals surface area contributed by atoms with Crippen LogP contribution in [0.4, 0.5) is 11.4 Å². The number of sulfonamides is 1. The number of anilines is 2. The minimum atomic E-state index is -3.53. The Morgan fingerprint density at radius 3 is 2.50 bits per heavy atom. The number of nitrogens with one attached hydrogen (secondary N) is 1. The summed E-state index contributed by atoms with van der Waals surface area (Å²) in [6.07, 6.45) is 1.18. The zero-order chi connectivity index (χ0) is 22.9. The van der Waals surface area contributed by atoms with Gasteiger partial charge in [0.25, 0.3) is 5.91 Å². The number of hydrogen-bond donors (Lipinski definition) is 1. The van der Waals surface area contributed by atoms with E-state index in [0.29, 0.717) is 21.3 Å². The molecule has 0 aliphatic heterocycles. The number of rotatable bonds is 6. The predicted octanol–water partition coefficient (Wildman–Crippen LogP) is 6.54. The quantitative estimate of drug-likeness (QED) is 0.297. The molecule has 0 saturated carbocycles. The Balaban J connectivity index is 1.63. The maximum absolute atomic E-state index is 12.7. The van der Waals surface area contributed by atoms with Gasteiger partial charge < -0.3 is 5.32 Å². The first-order valence-electron chi connectivity index (χ1n) is 9.52. The van der Waals surface area contributed by atoms with E-state index in [1.807, 2.05) is 30.3 Å². The molecule has 0 aliphatic carbocycles. The SMILES string of the molecule is CS(=O)(=O)N(Cc1ccc(Cl)cc1)c1ccc2sc(C(=O)Nc3cccc(Br)c3)cc2c1. The molecule has 0 bridgehead atoms. The summed E-state index contributed by atoms with van der Waals surface area (Å²) in [6.45, 7) is 0.182. The molecular weight excluding hydrogens is 532 g/mol. The zero-order valence-electron chi connectivity index (χ0n) is 16.9. The van der Waals surface area contributed by atoms with Crippen LogP contribution in [-0.4, -0.2) is 20.6 Å². The van der Waals surface area contributed by atoms with Gasteiger partial charge in [0.1, 0.15) is 0 Å². The lowest BCUT2D eigenvalue weighted by atomic mass is 10.2. The summed E-state index contributed by atoms with van der Waals surface area (Å²) in [5.74, 6) is -0.216. The van der Waals surface area contributed by atoms with Gasteiger partial charge in [-0.05, 0) is 65.5 Å². The van der Waals surface area contributed by atoms with E-state index < -0.39 is 10.0 Å². The second kappa shape index (κ2) is 9.23. The first-order valence-corrected chi connectivity index (χ1v) is 13.4. The molecular formula is C23H18BrClN2O3S2.